The summed E-state index contributed by atoms with van der Waals surface area (Å²) >= 11 is 6.42. The Morgan fingerprint density at radius 3 is 2.73 bits per heavy atom. The number of nitrogens with zero attached hydrogens (tertiary/aromatic N) is 3. The number of rotatable bonds is 8. The van der Waals surface area contributed by atoms with Gasteiger partial charge in [0.15, 0.2) is 5.82 Å². The largest absolute Gasteiger partial charge is 0.489 e. The summed E-state index contributed by atoms with van der Waals surface area (Å²) in [5.41, 5.74) is 0.937. The van der Waals surface area contributed by atoms with Gasteiger partial charge in [-0.25, -0.2) is 9.97 Å². The summed E-state index contributed by atoms with van der Waals surface area (Å²) in [6.07, 6.45) is 1.59. The summed E-state index contributed by atoms with van der Waals surface area (Å²) in [7, 11) is 1.63. The molecule has 1 aliphatic heterocycles. The van der Waals surface area contributed by atoms with E-state index in [2.05, 4.69) is 15.3 Å². The molecule has 30 heavy (non-hydrogen) atoms. The second kappa shape index (κ2) is 9.95. The van der Waals surface area contributed by atoms with E-state index in [0.717, 1.165) is 24.3 Å². The molecule has 162 valence electrons. The van der Waals surface area contributed by atoms with Crippen molar-refractivity contribution < 1.29 is 19.4 Å². The summed E-state index contributed by atoms with van der Waals surface area (Å²) in [6, 6.07) is 7.60. The third-order valence-corrected chi connectivity index (χ3v) is 5.30. The summed E-state index contributed by atoms with van der Waals surface area (Å²) < 4.78 is 11.6. The van der Waals surface area contributed by atoms with Gasteiger partial charge in [-0.3, -0.25) is 4.79 Å². The molecule has 1 fully saturated rings. The molecule has 0 bridgehead atoms. The lowest BCUT2D eigenvalue weighted by molar-refractivity contribution is -0.121. The van der Waals surface area contributed by atoms with E-state index >= 15 is 0 Å². The van der Waals surface area contributed by atoms with Crippen molar-refractivity contribution in [1.29, 1.82) is 0 Å². The monoisotopic (exact) mass is 434 g/mol. The van der Waals surface area contributed by atoms with Gasteiger partial charge in [-0.15, -0.1) is 0 Å². The number of aromatic nitrogens is 2. The first-order chi connectivity index (χ1) is 14.4. The molecule has 8 nitrogen and oxygen atoms in total. The van der Waals surface area contributed by atoms with E-state index in [0.29, 0.717) is 17.4 Å². The van der Waals surface area contributed by atoms with Gasteiger partial charge < -0.3 is 24.8 Å². The number of carbonyl (C=O) groups is 1. The molecule has 2 aromatic rings. The zero-order chi connectivity index (χ0) is 21.7. The molecule has 0 spiro atoms. The van der Waals surface area contributed by atoms with Gasteiger partial charge in [-0.2, -0.15) is 0 Å². The minimum atomic E-state index is -0.616. The summed E-state index contributed by atoms with van der Waals surface area (Å²) in [4.78, 5) is 22.2. The zero-order valence-corrected chi connectivity index (χ0v) is 18.1. The first kappa shape index (κ1) is 22.1. The Kier molecular flexibility index (Phi) is 7.33. The molecule has 1 aliphatic rings. The van der Waals surface area contributed by atoms with Gasteiger partial charge in [0.05, 0.1) is 18.6 Å². The Balaban J connectivity index is 1.61. The smallest absolute Gasteiger partial charge is 0.238 e. The van der Waals surface area contributed by atoms with Crippen molar-refractivity contribution in [1.82, 2.24) is 15.3 Å². The normalized spacial score (nSPS) is 18.0. The standard InChI is InChI=1S/C21H27ClN4O4/c1-13(27)11-29-21-18(22)19(24-12-25-21)26-9-8-17(10-26)30-16-6-4-15(5-7-16)14(2)20(28)23-3/h4-7,12-14,17,27H,8-11H2,1-3H3,(H,23,28). The molecule has 0 aliphatic carbocycles. The number of halogens is 1. The molecule has 2 N–H and O–H groups in total. The molecular formula is C21H27ClN4O4. The molecule has 2 heterocycles. The fourth-order valence-electron chi connectivity index (χ4n) is 3.28. The maximum atomic E-state index is 11.8. The maximum absolute atomic E-state index is 11.8. The van der Waals surface area contributed by atoms with E-state index in [4.69, 9.17) is 21.1 Å². The molecule has 0 saturated carbocycles. The van der Waals surface area contributed by atoms with Gasteiger partial charge in [-0.05, 0) is 31.5 Å². The molecular weight excluding hydrogens is 408 g/mol. The Morgan fingerprint density at radius 2 is 2.07 bits per heavy atom. The van der Waals surface area contributed by atoms with Gasteiger partial charge >= 0.3 is 0 Å². The number of amides is 1. The highest BCUT2D eigenvalue weighted by molar-refractivity contribution is 6.34. The predicted molar refractivity (Wildman–Crippen MR) is 114 cm³/mol. The average Bonchev–Trinajstić information content (AvgIpc) is 3.20. The molecule has 1 aromatic heterocycles. The Labute approximate surface area is 181 Å². The second-order valence-corrected chi connectivity index (χ2v) is 7.73. The van der Waals surface area contributed by atoms with Gasteiger partial charge in [-0.1, -0.05) is 23.7 Å². The number of nitrogens with one attached hydrogen (secondary N) is 1. The number of carbonyl (C=O) groups excluding carboxylic acids is 1. The second-order valence-electron chi connectivity index (χ2n) is 7.36. The van der Waals surface area contributed by atoms with Crippen LogP contribution >= 0.6 is 11.6 Å². The third kappa shape index (κ3) is 5.31. The summed E-state index contributed by atoms with van der Waals surface area (Å²) in [6.45, 7) is 4.97. The van der Waals surface area contributed by atoms with Gasteiger partial charge in [0.25, 0.3) is 0 Å². The molecule has 0 radical (unpaired) electrons. The number of hydrogen-bond acceptors (Lipinski definition) is 7. The SMILES string of the molecule is CNC(=O)C(C)c1ccc(OC2CCN(c3ncnc(OCC(C)O)c3Cl)C2)cc1. The van der Waals surface area contributed by atoms with Crippen molar-refractivity contribution in [2.24, 2.45) is 0 Å². The molecule has 9 heteroatoms. The highest BCUT2D eigenvalue weighted by atomic mass is 35.5. The van der Waals surface area contributed by atoms with E-state index in [1.165, 1.54) is 6.33 Å². The van der Waals surface area contributed by atoms with Crippen LogP contribution in [-0.4, -0.2) is 59.9 Å². The average molecular weight is 435 g/mol. The van der Waals surface area contributed by atoms with Crippen LogP contribution in [0.1, 0.15) is 31.7 Å². The molecule has 3 unspecified atom stereocenters. The minimum Gasteiger partial charge on any atom is -0.489 e. The van der Waals surface area contributed by atoms with E-state index in [1.807, 2.05) is 36.1 Å². The van der Waals surface area contributed by atoms with Crippen molar-refractivity contribution in [2.45, 2.75) is 38.4 Å². The predicted octanol–water partition coefficient (Wildman–Crippen LogP) is 2.40. The topological polar surface area (TPSA) is 96.8 Å². The number of aliphatic hydroxyl groups is 1. The van der Waals surface area contributed by atoms with E-state index in [-0.39, 0.29) is 30.4 Å². The number of likely N-dealkylation sites (N-methyl/N-ethyl adjacent to an activating group) is 1. The highest BCUT2D eigenvalue weighted by Crippen LogP contribution is 2.33. The summed E-state index contributed by atoms with van der Waals surface area (Å²) in [5, 5.41) is 12.4. The van der Waals surface area contributed by atoms with Crippen LogP contribution in [0.5, 0.6) is 11.6 Å². The van der Waals surface area contributed by atoms with Crippen LogP contribution in [0.2, 0.25) is 5.02 Å². The first-order valence-electron chi connectivity index (χ1n) is 9.93. The van der Waals surface area contributed by atoms with E-state index < -0.39 is 6.10 Å². The number of hydrogen-bond donors (Lipinski definition) is 2. The number of ether oxygens (including phenoxy) is 2. The molecule has 1 saturated heterocycles. The van der Waals surface area contributed by atoms with Gasteiger partial charge in [0.1, 0.15) is 29.8 Å². The lowest BCUT2D eigenvalue weighted by Crippen LogP contribution is -2.26. The van der Waals surface area contributed by atoms with Crippen LogP contribution in [0.4, 0.5) is 5.82 Å². The van der Waals surface area contributed by atoms with Crippen molar-refractivity contribution in [3.63, 3.8) is 0 Å². The Morgan fingerprint density at radius 1 is 1.33 bits per heavy atom. The molecule has 1 amide bonds. The van der Waals surface area contributed by atoms with Crippen molar-refractivity contribution in [3.8, 4) is 11.6 Å². The highest BCUT2D eigenvalue weighted by Gasteiger charge is 2.28. The van der Waals surface area contributed by atoms with Gasteiger partial charge in [0.2, 0.25) is 11.8 Å². The number of benzene rings is 1. The number of aliphatic hydroxyl groups excluding tert-OH is 1. The van der Waals surface area contributed by atoms with Gasteiger partial charge in [0, 0.05) is 20.0 Å². The van der Waals surface area contributed by atoms with Crippen molar-refractivity contribution >= 4 is 23.3 Å². The van der Waals surface area contributed by atoms with E-state index in [1.54, 1.807) is 14.0 Å². The Bertz CT molecular complexity index is 863. The van der Waals surface area contributed by atoms with Crippen LogP contribution in [-0.2, 0) is 4.79 Å². The maximum Gasteiger partial charge on any atom is 0.238 e. The van der Waals surface area contributed by atoms with Crippen LogP contribution in [0, 0.1) is 0 Å². The molecule has 3 rings (SSSR count). The number of anilines is 1. The van der Waals surface area contributed by atoms with Crippen molar-refractivity contribution in [2.75, 3.05) is 31.6 Å². The first-order valence-corrected chi connectivity index (χ1v) is 10.3. The van der Waals surface area contributed by atoms with Crippen LogP contribution in [0.3, 0.4) is 0 Å². The Hall–Kier alpha value is -2.58. The van der Waals surface area contributed by atoms with E-state index in [9.17, 15) is 9.90 Å². The van der Waals surface area contributed by atoms with Crippen molar-refractivity contribution in [3.05, 3.63) is 41.2 Å². The lowest BCUT2D eigenvalue weighted by atomic mass is 10.0. The molecule has 1 aromatic carbocycles. The van der Waals surface area contributed by atoms with Crippen LogP contribution in [0.15, 0.2) is 30.6 Å². The van der Waals surface area contributed by atoms with Crippen LogP contribution in [0.25, 0.3) is 0 Å². The molecule has 3 atom stereocenters. The quantitative estimate of drug-likeness (QED) is 0.658. The zero-order valence-electron chi connectivity index (χ0n) is 17.3. The fraction of sp³-hybridized carbons (Fsp3) is 0.476. The fourth-order valence-corrected chi connectivity index (χ4v) is 3.55. The lowest BCUT2D eigenvalue weighted by Gasteiger charge is -2.20. The summed E-state index contributed by atoms with van der Waals surface area (Å²) in [5.74, 6) is 1.37. The minimum absolute atomic E-state index is 0.0138. The van der Waals surface area contributed by atoms with Crippen LogP contribution < -0.4 is 19.7 Å². The third-order valence-electron chi connectivity index (χ3n) is 4.97.